The number of carbonyl (C=O) groups excluding carboxylic acids is 1. The summed E-state index contributed by atoms with van der Waals surface area (Å²) in [5, 5.41) is 0.674. The monoisotopic (exact) mass is 323 g/mol. The lowest BCUT2D eigenvalue weighted by molar-refractivity contribution is -0.166. The number of halogens is 1. The maximum absolute atomic E-state index is 11.7. The van der Waals surface area contributed by atoms with Gasteiger partial charge in [0.15, 0.2) is 6.10 Å². The number of esters is 1. The maximum Gasteiger partial charge on any atom is 0.336 e. The van der Waals surface area contributed by atoms with E-state index in [9.17, 15) is 4.79 Å². The molecule has 0 bridgehead atoms. The molecule has 2 heterocycles. The Morgan fingerprint density at radius 3 is 3.14 bits per heavy atom. The van der Waals surface area contributed by atoms with Crippen molar-refractivity contribution in [2.45, 2.75) is 25.7 Å². The van der Waals surface area contributed by atoms with Crippen LogP contribution in [0.5, 0.6) is 0 Å². The Balaban J connectivity index is 1.74. The van der Waals surface area contributed by atoms with Crippen molar-refractivity contribution in [2.75, 3.05) is 20.2 Å². The Hall–Kier alpha value is -1.63. The van der Waals surface area contributed by atoms with Crippen molar-refractivity contribution in [2.24, 2.45) is 0 Å². The number of imidazole rings is 1. The highest BCUT2D eigenvalue weighted by Gasteiger charge is 2.31. The van der Waals surface area contributed by atoms with Crippen LogP contribution in [-0.4, -0.2) is 53.2 Å². The fourth-order valence-corrected chi connectivity index (χ4v) is 2.92. The molecule has 2 aromatic rings. The number of nitrogens with one attached hydrogen (secondary N) is 1. The van der Waals surface area contributed by atoms with Crippen molar-refractivity contribution < 1.29 is 14.3 Å². The van der Waals surface area contributed by atoms with E-state index in [2.05, 4.69) is 14.9 Å². The van der Waals surface area contributed by atoms with E-state index in [1.54, 1.807) is 0 Å². The van der Waals surface area contributed by atoms with Crippen LogP contribution in [0, 0.1) is 0 Å². The quantitative estimate of drug-likeness (QED) is 0.875. The van der Waals surface area contributed by atoms with E-state index in [0.29, 0.717) is 18.1 Å². The van der Waals surface area contributed by atoms with Gasteiger partial charge >= 0.3 is 5.97 Å². The topological polar surface area (TPSA) is 67.5 Å². The van der Waals surface area contributed by atoms with Crippen LogP contribution in [-0.2, 0) is 20.8 Å². The molecule has 0 saturated carbocycles. The van der Waals surface area contributed by atoms with Gasteiger partial charge in [0, 0.05) is 18.1 Å². The summed E-state index contributed by atoms with van der Waals surface area (Å²) >= 11 is 5.98. The number of carbonyl (C=O) groups is 1. The Labute approximate surface area is 133 Å². The lowest BCUT2D eigenvalue weighted by atomic mass is 10.2. The van der Waals surface area contributed by atoms with Gasteiger partial charge in [-0.2, -0.15) is 0 Å². The highest BCUT2D eigenvalue weighted by atomic mass is 35.5. The minimum Gasteiger partial charge on any atom is -0.467 e. The number of fused-ring (bicyclic) bond motifs is 1. The van der Waals surface area contributed by atoms with Gasteiger partial charge < -0.3 is 14.5 Å². The van der Waals surface area contributed by atoms with Crippen LogP contribution in [0.2, 0.25) is 5.02 Å². The van der Waals surface area contributed by atoms with E-state index in [1.807, 2.05) is 25.1 Å². The van der Waals surface area contributed by atoms with Crippen LogP contribution >= 0.6 is 11.6 Å². The van der Waals surface area contributed by atoms with Crippen LogP contribution in [0.1, 0.15) is 12.7 Å². The van der Waals surface area contributed by atoms with E-state index >= 15 is 0 Å². The SMILES string of the molecule is COC(=O)[C@H]1CN(Cc2nc3ccc(Cl)cc3[nH]2)C[C@@H](C)O1. The zero-order valence-corrected chi connectivity index (χ0v) is 13.3. The van der Waals surface area contributed by atoms with Gasteiger partial charge in [0.25, 0.3) is 0 Å². The predicted octanol–water partition coefficient (Wildman–Crippen LogP) is 1.98. The Morgan fingerprint density at radius 1 is 1.55 bits per heavy atom. The zero-order valence-electron chi connectivity index (χ0n) is 12.5. The van der Waals surface area contributed by atoms with Crippen molar-refractivity contribution in [3.05, 3.63) is 29.0 Å². The number of H-pyrrole nitrogens is 1. The molecule has 1 saturated heterocycles. The number of nitrogens with zero attached hydrogens (tertiary/aromatic N) is 2. The number of benzene rings is 1. The van der Waals surface area contributed by atoms with Crippen molar-refractivity contribution in [3.8, 4) is 0 Å². The smallest absolute Gasteiger partial charge is 0.336 e. The highest BCUT2D eigenvalue weighted by Crippen LogP contribution is 2.19. The largest absolute Gasteiger partial charge is 0.467 e. The number of ether oxygens (including phenoxy) is 2. The van der Waals surface area contributed by atoms with Gasteiger partial charge in [-0.15, -0.1) is 0 Å². The van der Waals surface area contributed by atoms with Gasteiger partial charge in [0.2, 0.25) is 0 Å². The van der Waals surface area contributed by atoms with Gasteiger partial charge in [0.05, 0.1) is 30.8 Å². The van der Waals surface area contributed by atoms with E-state index in [0.717, 1.165) is 23.4 Å². The molecule has 0 spiro atoms. The van der Waals surface area contributed by atoms with Gasteiger partial charge in [-0.25, -0.2) is 9.78 Å². The molecule has 1 aromatic carbocycles. The van der Waals surface area contributed by atoms with Crippen molar-refractivity contribution in [3.63, 3.8) is 0 Å². The van der Waals surface area contributed by atoms with E-state index in [4.69, 9.17) is 21.1 Å². The van der Waals surface area contributed by atoms with Gasteiger partial charge in [-0.1, -0.05) is 11.6 Å². The first kappa shape index (κ1) is 15.3. The molecular formula is C15H18ClN3O3. The summed E-state index contributed by atoms with van der Waals surface area (Å²) in [7, 11) is 1.37. The second-order valence-electron chi connectivity index (χ2n) is 5.50. The molecule has 0 unspecified atom stereocenters. The molecule has 6 nitrogen and oxygen atoms in total. The molecule has 1 aliphatic rings. The standard InChI is InChI=1S/C15H18ClN3O3/c1-9-6-19(7-13(22-9)15(20)21-2)8-14-17-11-4-3-10(16)5-12(11)18-14/h3-5,9,13H,6-8H2,1-2H3,(H,17,18)/t9-,13-/m1/s1. The lowest BCUT2D eigenvalue weighted by Crippen LogP contribution is -2.49. The molecule has 0 amide bonds. The fraction of sp³-hybridized carbons (Fsp3) is 0.467. The summed E-state index contributed by atoms with van der Waals surface area (Å²) in [5.41, 5.74) is 1.79. The third-order valence-corrected chi connectivity index (χ3v) is 3.90. The molecular weight excluding hydrogens is 306 g/mol. The van der Waals surface area contributed by atoms with Crippen LogP contribution < -0.4 is 0 Å². The van der Waals surface area contributed by atoms with Crippen molar-refractivity contribution in [1.29, 1.82) is 0 Å². The van der Waals surface area contributed by atoms with E-state index in [-0.39, 0.29) is 12.1 Å². The molecule has 118 valence electrons. The first-order chi connectivity index (χ1) is 10.5. The fourth-order valence-electron chi connectivity index (χ4n) is 2.75. The Bertz CT molecular complexity index is 688. The molecule has 7 heteroatoms. The predicted molar refractivity (Wildman–Crippen MR) is 82.7 cm³/mol. The van der Waals surface area contributed by atoms with Gasteiger partial charge in [0.1, 0.15) is 5.82 Å². The number of aromatic amines is 1. The van der Waals surface area contributed by atoms with Crippen LogP contribution in [0.4, 0.5) is 0 Å². The average Bonchev–Trinajstić information content (AvgIpc) is 2.86. The zero-order chi connectivity index (χ0) is 15.7. The number of rotatable bonds is 3. The average molecular weight is 324 g/mol. The first-order valence-corrected chi connectivity index (χ1v) is 7.52. The summed E-state index contributed by atoms with van der Waals surface area (Å²) in [6.07, 6.45) is -0.579. The second kappa shape index (κ2) is 6.24. The summed E-state index contributed by atoms with van der Waals surface area (Å²) in [5.74, 6) is 0.503. The normalized spacial score (nSPS) is 22.9. The third kappa shape index (κ3) is 3.24. The first-order valence-electron chi connectivity index (χ1n) is 7.15. The minimum absolute atomic E-state index is 0.0309. The van der Waals surface area contributed by atoms with Crippen LogP contribution in [0.15, 0.2) is 18.2 Å². The highest BCUT2D eigenvalue weighted by molar-refractivity contribution is 6.31. The maximum atomic E-state index is 11.7. The number of methoxy groups -OCH3 is 1. The number of morpholine rings is 1. The summed E-state index contributed by atoms with van der Waals surface area (Å²) in [6, 6.07) is 5.56. The molecule has 1 N–H and O–H groups in total. The number of hydrogen-bond donors (Lipinski definition) is 1. The van der Waals surface area contributed by atoms with E-state index in [1.165, 1.54) is 7.11 Å². The van der Waals surface area contributed by atoms with Gasteiger partial charge in [-0.3, -0.25) is 4.90 Å². The van der Waals surface area contributed by atoms with Crippen molar-refractivity contribution >= 4 is 28.6 Å². The number of aromatic nitrogens is 2. The Kier molecular flexibility index (Phi) is 4.33. The van der Waals surface area contributed by atoms with Crippen molar-refractivity contribution in [1.82, 2.24) is 14.9 Å². The molecule has 1 fully saturated rings. The van der Waals surface area contributed by atoms with Crippen LogP contribution in [0.25, 0.3) is 11.0 Å². The lowest BCUT2D eigenvalue weighted by Gasteiger charge is -2.34. The molecule has 22 heavy (non-hydrogen) atoms. The molecule has 0 radical (unpaired) electrons. The minimum atomic E-state index is -0.549. The van der Waals surface area contributed by atoms with Crippen LogP contribution in [0.3, 0.4) is 0 Å². The molecule has 1 aliphatic heterocycles. The molecule has 0 aliphatic carbocycles. The molecule has 2 atom stereocenters. The second-order valence-corrected chi connectivity index (χ2v) is 5.93. The third-order valence-electron chi connectivity index (χ3n) is 3.67. The van der Waals surface area contributed by atoms with E-state index < -0.39 is 6.10 Å². The number of hydrogen-bond acceptors (Lipinski definition) is 5. The summed E-state index contributed by atoms with van der Waals surface area (Å²) in [6.45, 7) is 3.80. The summed E-state index contributed by atoms with van der Waals surface area (Å²) in [4.78, 5) is 21.6. The Morgan fingerprint density at radius 2 is 2.36 bits per heavy atom. The molecule has 1 aromatic heterocycles. The summed E-state index contributed by atoms with van der Waals surface area (Å²) < 4.78 is 10.4. The molecule has 3 rings (SSSR count). The van der Waals surface area contributed by atoms with Gasteiger partial charge in [-0.05, 0) is 25.1 Å².